The van der Waals surface area contributed by atoms with Gasteiger partial charge in [0.05, 0.1) is 12.3 Å². The molecule has 0 radical (unpaired) electrons. The fourth-order valence-corrected chi connectivity index (χ4v) is 3.01. The standard InChI is InChI=1S/C19H22N4O2/c1-13-11-14(2)23-18(20-13)17(15(3)21-23)19(25)22(9-10-24)12-16-7-5-4-6-8-16/h4-8,11,24H,9-10,12H2,1-3H3. The van der Waals surface area contributed by atoms with Gasteiger partial charge in [-0.05, 0) is 32.4 Å². The second-order valence-electron chi connectivity index (χ2n) is 6.17. The van der Waals surface area contributed by atoms with E-state index in [0.717, 1.165) is 17.0 Å². The van der Waals surface area contributed by atoms with Gasteiger partial charge in [-0.15, -0.1) is 0 Å². The second kappa shape index (κ2) is 7.03. The normalized spacial score (nSPS) is 11.0. The zero-order valence-corrected chi connectivity index (χ0v) is 14.7. The summed E-state index contributed by atoms with van der Waals surface area (Å²) in [6, 6.07) is 11.7. The molecule has 0 aliphatic heterocycles. The highest BCUT2D eigenvalue weighted by Crippen LogP contribution is 2.19. The predicted molar refractivity (Wildman–Crippen MR) is 95.5 cm³/mol. The van der Waals surface area contributed by atoms with Gasteiger partial charge in [-0.1, -0.05) is 30.3 Å². The lowest BCUT2D eigenvalue weighted by molar-refractivity contribution is 0.0709. The van der Waals surface area contributed by atoms with E-state index in [9.17, 15) is 9.90 Å². The number of fused-ring (bicyclic) bond motifs is 1. The van der Waals surface area contributed by atoms with Crippen LogP contribution in [0.2, 0.25) is 0 Å². The summed E-state index contributed by atoms with van der Waals surface area (Å²) in [4.78, 5) is 19.3. The Morgan fingerprint density at radius 3 is 2.60 bits per heavy atom. The quantitative estimate of drug-likeness (QED) is 0.775. The number of carbonyl (C=O) groups is 1. The van der Waals surface area contributed by atoms with E-state index in [1.54, 1.807) is 9.42 Å². The second-order valence-corrected chi connectivity index (χ2v) is 6.17. The van der Waals surface area contributed by atoms with Crippen molar-refractivity contribution in [2.45, 2.75) is 27.3 Å². The van der Waals surface area contributed by atoms with Gasteiger partial charge in [-0.3, -0.25) is 4.79 Å². The molecule has 0 saturated carbocycles. The van der Waals surface area contributed by atoms with E-state index in [1.807, 2.05) is 57.2 Å². The number of aryl methyl sites for hydroxylation is 3. The molecule has 0 spiro atoms. The lowest BCUT2D eigenvalue weighted by Gasteiger charge is -2.21. The summed E-state index contributed by atoms with van der Waals surface area (Å²) < 4.78 is 1.70. The van der Waals surface area contributed by atoms with Crippen molar-refractivity contribution >= 4 is 11.6 Å². The summed E-state index contributed by atoms with van der Waals surface area (Å²) in [6.45, 7) is 6.26. The molecule has 6 nitrogen and oxygen atoms in total. The highest BCUT2D eigenvalue weighted by molar-refractivity contribution is 6.01. The molecule has 0 aliphatic carbocycles. The lowest BCUT2D eigenvalue weighted by atomic mass is 10.1. The van der Waals surface area contributed by atoms with Crippen molar-refractivity contribution in [3.8, 4) is 0 Å². The van der Waals surface area contributed by atoms with E-state index in [-0.39, 0.29) is 19.1 Å². The molecule has 0 aliphatic rings. The molecule has 1 N–H and O–H groups in total. The minimum atomic E-state index is -0.164. The average Bonchev–Trinajstić information content (AvgIpc) is 2.91. The summed E-state index contributed by atoms with van der Waals surface area (Å²) >= 11 is 0. The minimum absolute atomic E-state index is 0.0949. The monoisotopic (exact) mass is 338 g/mol. The molecule has 3 rings (SSSR count). The Morgan fingerprint density at radius 2 is 1.92 bits per heavy atom. The van der Waals surface area contributed by atoms with Crippen molar-refractivity contribution in [1.82, 2.24) is 19.5 Å². The minimum Gasteiger partial charge on any atom is -0.395 e. The van der Waals surface area contributed by atoms with Gasteiger partial charge in [-0.25, -0.2) is 9.50 Å². The zero-order chi connectivity index (χ0) is 18.0. The Kier molecular flexibility index (Phi) is 4.81. The molecule has 3 aromatic rings. The molecule has 0 fully saturated rings. The van der Waals surface area contributed by atoms with Crippen molar-refractivity contribution in [2.75, 3.05) is 13.2 Å². The Hall–Kier alpha value is -2.73. The molecule has 0 atom stereocenters. The van der Waals surface area contributed by atoms with Crippen LogP contribution in [0.15, 0.2) is 36.4 Å². The molecule has 0 bridgehead atoms. The number of carbonyl (C=O) groups excluding carboxylic acids is 1. The Labute approximate surface area is 146 Å². The number of aromatic nitrogens is 3. The molecular formula is C19H22N4O2. The van der Waals surface area contributed by atoms with Gasteiger partial charge in [-0.2, -0.15) is 5.10 Å². The number of hydrogen-bond donors (Lipinski definition) is 1. The fraction of sp³-hybridized carbons (Fsp3) is 0.316. The van der Waals surface area contributed by atoms with Crippen LogP contribution in [0.1, 0.15) is 33.0 Å². The van der Waals surface area contributed by atoms with Gasteiger partial charge >= 0.3 is 0 Å². The summed E-state index contributed by atoms with van der Waals surface area (Å²) in [6.07, 6.45) is 0. The third kappa shape index (κ3) is 3.39. The topological polar surface area (TPSA) is 70.7 Å². The molecule has 6 heteroatoms. The number of hydrogen-bond acceptors (Lipinski definition) is 4. The maximum absolute atomic E-state index is 13.2. The Morgan fingerprint density at radius 1 is 1.20 bits per heavy atom. The average molecular weight is 338 g/mol. The summed E-state index contributed by atoms with van der Waals surface area (Å²) in [7, 11) is 0. The molecule has 25 heavy (non-hydrogen) atoms. The number of aliphatic hydroxyl groups excluding tert-OH is 1. The van der Waals surface area contributed by atoms with Crippen LogP contribution in [-0.4, -0.2) is 43.7 Å². The van der Waals surface area contributed by atoms with Crippen molar-refractivity contribution in [2.24, 2.45) is 0 Å². The number of rotatable bonds is 5. The summed E-state index contributed by atoms with van der Waals surface area (Å²) in [5.41, 5.74) is 4.49. The summed E-state index contributed by atoms with van der Waals surface area (Å²) in [5.74, 6) is -0.164. The molecule has 1 aromatic carbocycles. The van der Waals surface area contributed by atoms with E-state index < -0.39 is 0 Å². The molecule has 2 heterocycles. The Balaban J connectivity index is 2.02. The highest BCUT2D eigenvalue weighted by Gasteiger charge is 2.24. The van der Waals surface area contributed by atoms with Crippen LogP contribution in [0.25, 0.3) is 5.65 Å². The molecule has 1 amide bonds. The fourth-order valence-electron chi connectivity index (χ4n) is 3.01. The van der Waals surface area contributed by atoms with Crippen LogP contribution >= 0.6 is 0 Å². The molecule has 0 saturated heterocycles. The molecule has 0 unspecified atom stereocenters. The zero-order valence-electron chi connectivity index (χ0n) is 14.7. The number of nitrogens with zero attached hydrogens (tertiary/aromatic N) is 4. The van der Waals surface area contributed by atoms with Gasteiger partial charge < -0.3 is 10.0 Å². The van der Waals surface area contributed by atoms with Crippen molar-refractivity contribution in [3.63, 3.8) is 0 Å². The van der Waals surface area contributed by atoms with Gasteiger partial charge in [0.1, 0.15) is 5.56 Å². The van der Waals surface area contributed by atoms with E-state index in [0.29, 0.717) is 23.4 Å². The maximum atomic E-state index is 13.2. The van der Waals surface area contributed by atoms with E-state index >= 15 is 0 Å². The Bertz CT molecular complexity index is 903. The number of amides is 1. The van der Waals surface area contributed by atoms with Gasteiger partial charge in [0, 0.05) is 24.5 Å². The first-order valence-corrected chi connectivity index (χ1v) is 8.29. The first-order valence-electron chi connectivity index (χ1n) is 8.29. The highest BCUT2D eigenvalue weighted by atomic mass is 16.3. The number of aliphatic hydroxyl groups is 1. The van der Waals surface area contributed by atoms with Crippen LogP contribution in [0, 0.1) is 20.8 Å². The number of benzene rings is 1. The largest absolute Gasteiger partial charge is 0.395 e. The third-order valence-corrected chi connectivity index (χ3v) is 4.16. The van der Waals surface area contributed by atoms with Crippen LogP contribution in [-0.2, 0) is 6.54 Å². The molecule has 130 valence electrons. The third-order valence-electron chi connectivity index (χ3n) is 4.16. The first-order chi connectivity index (χ1) is 12.0. The van der Waals surface area contributed by atoms with E-state index in [2.05, 4.69) is 10.1 Å². The SMILES string of the molecule is Cc1cc(C)n2nc(C)c(C(=O)N(CCO)Cc3ccccc3)c2n1. The van der Waals surface area contributed by atoms with Crippen molar-refractivity contribution < 1.29 is 9.90 Å². The van der Waals surface area contributed by atoms with Gasteiger partial charge in [0.2, 0.25) is 0 Å². The summed E-state index contributed by atoms with van der Waals surface area (Å²) in [5, 5.41) is 13.9. The molecular weight excluding hydrogens is 316 g/mol. The van der Waals surface area contributed by atoms with E-state index in [4.69, 9.17) is 0 Å². The predicted octanol–water partition coefficient (Wildman–Crippen LogP) is 2.29. The lowest BCUT2D eigenvalue weighted by Crippen LogP contribution is -2.33. The first kappa shape index (κ1) is 17.1. The van der Waals surface area contributed by atoms with Gasteiger partial charge in [0.25, 0.3) is 5.91 Å². The van der Waals surface area contributed by atoms with E-state index in [1.165, 1.54) is 0 Å². The maximum Gasteiger partial charge on any atom is 0.260 e. The van der Waals surface area contributed by atoms with Crippen LogP contribution in [0.4, 0.5) is 0 Å². The van der Waals surface area contributed by atoms with Crippen LogP contribution in [0.5, 0.6) is 0 Å². The van der Waals surface area contributed by atoms with Crippen LogP contribution < -0.4 is 0 Å². The molecule has 2 aromatic heterocycles. The van der Waals surface area contributed by atoms with Crippen LogP contribution in [0.3, 0.4) is 0 Å². The van der Waals surface area contributed by atoms with Gasteiger partial charge in [0.15, 0.2) is 5.65 Å². The van der Waals surface area contributed by atoms with Crippen molar-refractivity contribution in [3.05, 3.63) is 64.6 Å². The smallest absolute Gasteiger partial charge is 0.260 e. The van der Waals surface area contributed by atoms with Crippen molar-refractivity contribution in [1.29, 1.82) is 0 Å².